The van der Waals surface area contributed by atoms with E-state index in [0.29, 0.717) is 0 Å². The number of carbonyl (C=O) groups excluding carboxylic acids is 1. The normalized spacial score (nSPS) is 22.0. The van der Waals surface area contributed by atoms with Gasteiger partial charge in [-0.25, -0.2) is 0 Å². The van der Waals surface area contributed by atoms with Crippen LogP contribution in [0.1, 0.15) is 24.3 Å². The maximum atomic E-state index is 12.2. The van der Waals surface area contributed by atoms with E-state index in [1.54, 1.807) is 0 Å². The Balaban J connectivity index is 1.51. The summed E-state index contributed by atoms with van der Waals surface area (Å²) in [6.45, 7) is 4.83. The molecule has 1 aromatic rings. The molecule has 1 unspecified atom stereocenters. The molecule has 2 N–H and O–H groups in total. The summed E-state index contributed by atoms with van der Waals surface area (Å²) in [6, 6.07) is 8.07. The summed E-state index contributed by atoms with van der Waals surface area (Å²) in [6.07, 6.45) is 2.60. The van der Waals surface area contributed by atoms with Gasteiger partial charge in [0, 0.05) is 25.3 Å². The number of nitrogens with one attached hydrogen (secondary N) is 2. The van der Waals surface area contributed by atoms with Crippen molar-refractivity contribution in [3.8, 4) is 0 Å². The number of para-hydroxylation sites is 1. The van der Waals surface area contributed by atoms with Crippen LogP contribution < -0.4 is 10.6 Å². The fourth-order valence-electron chi connectivity index (χ4n) is 2.98. The number of benzene rings is 1. The van der Waals surface area contributed by atoms with E-state index in [1.165, 1.54) is 25.9 Å². The number of hydrogen-bond donors (Lipinski definition) is 2. The minimum atomic E-state index is -0.0326. The molecular formula is C15H21N3O. The summed E-state index contributed by atoms with van der Waals surface area (Å²) in [7, 11) is 0. The molecule has 4 heteroatoms. The lowest BCUT2D eigenvalue weighted by atomic mass is 10.0. The molecule has 0 radical (unpaired) electrons. The molecule has 2 heterocycles. The number of nitrogens with zero attached hydrogens (tertiary/aromatic N) is 1. The van der Waals surface area contributed by atoms with Crippen molar-refractivity contribution >= 4 is 11.6 Å². The third-order valence-corrected chi connectivity index (χ3v) is 4.08. The van der Waals surface area contributed by atoms with Crippen LogP contribution in [0, 0.1) is 0 Å². The molecule has 19 heavy (non-hydrogen) atoms. The summed E-state index contributed by atoms with van der Waals surface area (Å²) in [5.41, 5.74) is 2.23. The predicted molar refractivity (Wildman–Crippen MR) is 76.4 cm³/mol. The summed E-state index contributed by atoms with van der Waals surface area (Å²) in [4.78, 5) is 14.6. The van der Waals surface area contributed by atoms with Crippen molar-refractivity contribution in [3.05, 3.63) is 29.8 Å². The van der Waals surface area contributed by atoms with Crippen LogP contribution in [0.15, 0.2) is 24.3 Å². The Labute approximate surface area is 114 Å². The Morgan fingerprint density at radius 3 is 2.95 bits per heavy atom. The SMILES string of the molecule is O=C(NCCN1CCCC1)C1CNc2ccccc21. The zero-order valence-corrected chi connectivity index (χ0v) is 11.2. The van der Waals surface area contributed by atoms with Crippen LogP contribution in [-0.2, 0) is 4.79 Å². The van der Waals surface area contributed by atoms with Crippen molar-refractivity contribution in [1.82, 2.24) is 10.2 Å². The summed E-state index contributed by atoms with van der Waals surface area (Å²) < 4.78 is 0. The van der Waals surface area contributed by atoms with Crippen LogP contribution in [0.25, 0.3) is 0 Å². The molecule has 0 saturated carbocycles. The van der Waals surface area contributed by atoms with Gasteiger partial charge in [0.2, 0.25) is 5.91 Å². The van der Waals surface area contributed by atoms with Gasteiger partial charge in [-0.1, -0.05) is 18.2 Å². The summed E-state index contributed by atoms with van der Waals surface area (Å²) in [5.74, 6) is 0.117. The number of amides is 1. The third-order valence-electron chi connectivity index (χ3n) is 4.08. The van der Waals surface area contributed by atoms with E-state index in [9.17, 15) is 4.79 Å². The molecule has 2 aliphatic heterocycles. The molecule has 0 aliphatic carbocycles. The van der Waals surface area contributed by atoms with Gasteiger partial charge in [-0.05, 0) is 37.6 Å². The Kier molecular flexibility index (Phi) is 3.69. The average Bonchev–Trinajstić information content (AvgIpc) is 3.07. The van der Waals surface area contributed by atoms with E-state index in [4.69, 9.17) is 0 Å². The molecule has 1 amide bonds. The zero-order chi connectivity index (χ0) is 13.1. The van der Waals surface area contributed by atoms with Crippen LogP contribution in [0.5, 0.6) is 0 Å². The van der Waals surface area contributed by atoms with E-state index in [2.05, 4.69) is 15.5 Å². The topological polar surface area (TPSA) is 44.4 Å². The highest BCUT2D eigenvalue weighted by Crippen LogP contribution is 2.30. The first kappa shape index (κ1) is 12.5. The molecule has 2 aliphatic rings. The second-order valence-electron chi connectivity index (χ2n) is 5.36. The van der Waals surface area contributed by atoms with Crippen molar-refractivity contribution in [2.24, 2.45) is 0 Å². The van der Waals surface area contributed by atoms with Gasteiger partial charge in [0.05, 0.1) is 5.92 Å². The van der Waals surface area contributed by atoms with Gasteiger partial charge in [0.25, 0.3) is 0 Å². The number of rotatable bonds is 4. The van der Waals surface area contributed by atoms with Crippen molar-refractivity contribution in [2.75, 3.05) is 38.0 Å². The fraction of sp³-hybridized carbons (Fsp3) is 0.533. The molecule has 3 rings (SSSR count). The van der Waals surface area contributed by atoms with E-state index in [0.717, 1.165) is 30.9 Å². The minimum absolute atomic E-state index is 0.0326. The molecule has 102 valence electrons. The van der Waals surface area contributed by atoms with Gasteiger partial charge >= 0.3 is 0 Å². The van der Waals surface area contributed by atoms with Crippen LogP contribution >= 0.6 is 0 Å². The molecule has 4 nitrogen and oxygen atoms in total. The lowest BCUT2D eigenvalue weighted by Crippen LogP contribution is -2.36. The number of fused-ring (bicyclic) bond motifs is 1. The van der Waals surface area contributed by atoms with E-state index in [1.807, 2.05) is 24.3 Å². The van der Waals surface area contributed by atoms with Crippen LogP contribution in [0.2, 0.25) is 0 Å². The van der Waals surface area contributed by atoms with Gasteiger partial charge in [-0.2, -0.15) is 0 Å². The molecule has 1 fully saturated rings. The summed E-state index contributed by atoms with van der Waals surface area (Å²) >= 11 is 0. The fourth-order valence-corrected chi connectivity index (χ4v) is 2.98. The second-order valence-corrected chi connectivity index (χ2v) is 5.36. The number of carbonyl (C=O) groups is 1. The highest BCUT2D eigenvalue weighted by atomic mass is 16.1. The molecule has 1 aromatic carbocycles. The second kappa shape index (κ2) is 5.61. The summed E-state index contributed by atoms with van der Waals surface area (Å²) in [5, 5.41) is 6.36. The monoisotopic (exact) mass is 259 g/mol. The van der Waals surface area contributed by atoms with Crippen LogP contribution in [0.3, 0.4) is 0 Å². The van der Waals surface area contributed by atoms with Gasteiger partial charge in [0.1, 0.15) is 0 Å². The van der Waals surface area contributed by atoms with Crippen molar-refractivity contribution in [1.29, 1.82) is 0 Å². The van der Waals surface area contributed by atoms with Crippen molar-refractivity contribution in [2.45, 2.75) is 18.8 Å². The zero-order valence-electron chi connectivity index (χ0n) is 11.2. The van der Waals surface area contributed by atoms with E-state index >= 15 is 0 Å². The van der Waals surface area contributed by atoms with Gasteiger partial charge in [-0.3, -0.25) is 4.79 Å². The number of hydrogen-bond acceptors (Lipinski definition) is 3. The standard InChI is InChI=1S/C15H21N3O/c19-15(16-7-10-18-8-3-4-9-18)13-11-17-14-6-2-1-5-12(13)14/h1-2,5-6,13,17H,3-4,7-11H2,(H,16,19). The highest BCUT2D eigenvalue weighted by Gasteiger charge is 2.27. The quantitative estimate of drug-likeness (QED) is 0.859. The molecular weight excluding hydrogens is 238 g/mol. The molecule has 0 bridgehead atoms. The average molecular weight is 259 g/mol. The highest BCUT2D eigenvalue weighted by molar-refractivity contribution is 5.88. The van der Waals surface area contributed by atoms with Gasteiger partial charge in [0.15, 0.2) is 0 Å². The Morgan fingerprint density at radius 2 is 2.11 bits per heavy atom. The smallest absolute Gasteiger partial charge is 0.229 e. The maximum Gasteiger partial charge on any atom is 0.229 e. The lowest BCUT2D eigenvalue weighted by molar-refractivity contribution is -0.122. The molecule has 0 spiro atoms. The Hall–Kier alpha value is -1.55. The van der Waals surface area contributed by atoms with Gasteiger partial charge < -0.3 is 15.5 Å². The molecule has 1 atom stereocenters. The Morgan fingerprint density at radius 1 is 1.32 bits per heavy atom. The Bertz CT molecular complexity index is 454. The van der Waals surface area contributed by atoms with E-state index in [-0.39, 0.29) is 11.8 Å². The first-order chi connectivity index (χ1) is 9.34. The van der Waals surface area contributed by atoms with Gasteiger partial charge in [-0.15, -0.1) is 0 Å². The van der Waals surface area contributed by atoms with Crippen LogP contribution in [0.4, 0.5) is 5.69 Å². The predicted octanol–water partition coefficient (Wildman–Crippen LogP) is 1.41. The molecule has 0 aromatic heterocycles. The largest absolute Gasteiger partial charge is 0.384 e. The lowest BCUT2D eigenvalue weighted by Gasteiger charge is -2.16. The first-order valence-corrected chi connectivity index (χ1v) is 7.17. The van der Waals surface area contributed by atoms with Crippen molar-refractivity contribution in [3.63, 3.8) is 0 Å². The van der Waals surface area contributed by atoms with Crippen molar-refractivity contribution < 1.29 is 4.79 Å². The third kappa shape index (κ3) is 2.73. The first-order valence-electron chi connectivity index (χ1n) is 7.17. The number of likely N-dealkylation sites (tertiary alicyclic amines) is 1. The molecule has 1 saturated heterocycles. The number of anilines is 1. The maximum absolute atomic E-state index is 12.2. The van der Waals surface area contributed by atoms with E-state index < -0.39 is 0 Å². The minimum Gasteiger partial charge on any atom is -0.384 e. The van der Waals surface area contributed by atoms with Crippen LogP contribution in [-0.4, -0.2) is 43.5 Å².